The normalized spacial score (nSPS) is 13.1. The second kappa shape index (κ2) is 5.78. The lowest BCUT2D eigenvalue weighted by atomic mass is 10.1. The van der Waals surface area contributed by atoms with Gasteiger partial charge in [-0.1, -0.05) is 44.2 Å². The summed E-state index contributed by atoms with van der Waals surface area (Å²) in [6.07, 6.45) is 0.194. The Labute approximate surface area is 85.5 Å². The first-order chi connectivity index (χ1) is 6.70. The standard InChI is InChI=1S/C12H18O2/c1-10(2)8-9-14-12(13)11-6-4-3-5-7-11/h3-7,10,12-13H,8-9H2,1-2H3. The van der Waals surface area contributed by atoms with Crippen LogP contribution >= 0.6 is 0 Å². The topological polar surface area (TPSA) is 29.5 Å². The Morgan fingerprint density at radius 1 is 1.21 bits per heavy atom. The smallest absolute Gasteiger partial charge is 0.181 e. The number of rotatable bonds is 5. The first-order valence-electron chi connectivity index (χ1n) is 5.04. The third-order valence-corrected chi connectivity index (χ3v) is 2.06. The highest BCUT2D eigenvalue weighted by Crippen LogP contribution is 2.14. The summed E-state index contributed by atoms with van der Waals surface area (Å²) >= 11 is 0. The second-order valence-electron chi connectivity index (χ2n) is 3.82. The molecule has 78 valence electrons. The van der Waals surface area contributed by atoms with Crippen molar-refractivity contribution in [3.63, 3.8) is 0 Å². The van der Waals surface area contributed by atoms with Gasteiger partial charge in [-0.15, -0.1) is 0 Å². The molecule has 0 aromatic heterocycles. The minimum Gasteiger partial charge on any atom is -0.364 e. The minimum atomic E-state index is -0.782. The maximum absolute atomic E-state index is 9.61. The molecular weight excluding hydrogens is 176 g/mol. The summed E-state index contributed by atoms with van der Waals surface area (Å²) in [5, 5.41) is 9.61. The third-order valence-electron chi connectivity index (χ3n) is 2.06. The molecule has 14 heavy (non-hydrogen) atoms. The van der Waals surface area contributed by atoms with Gasteiger partial charge in [0.25, 0.3) is 0 Å². The minimum absolute atomic E-state index is 0.605. The molecule has 1 aromatic carbocycles. The van der Waals surface area contributed by atoms with Gasteiger partial charge < -0.3 is 9.84 Å². The van der Waals surface area contributed by atoms with Crippen molar-refractivity contribution in [3.05, 3.63) is 35.9 Å². The SMILES string of the molecule is CC(C)CCOC(O)c1ccccc1. The quantitative estimate of drug-likeness (QED) is 0.730. The van der Waals surface area contributed by atoms with E-state index in [1.54, 1.807) is 0 Å². The molecule has 2 heteroatoms. The Morgan fingerprint density at radius 2 is 1.86 bits per heavy atom. The lowest BCUT2D eigenvalue weighted by Crippen LogP contribution is -2.06. The Hall–Kier alpha value is -0.860. The van der Waals surface area contributed by atoms with Crippen LogP contribution in [0.1, 0.15) is 32.1 Å². The van der Waals surface area contributed by atoms with Gasteiger partial charge in [0, 0.05) is 5.56 Å². The van der Waals surface area contributed by atoms with Gasteiger partial charge in [-0.2, -0.15) is 0 Å². The molecule has 2 nitrogen and oxygen atoms in total. The van der Waals surface area contributed by atoms with Crippen molar-refractivity contribution in [2.45, 2.75) is 26.6 Å². The molecule has 1 aromatic rings. The van der Waals surface area contributed by atoms with Crippen molar-refractivity contribution in [3.8, 4) is 0 Å². The molecule has 1 rings (SSSR count). The highest BCUT2D eigenvalue weighted by molar-refractivity contribution is 5.15. The van der Waals surface area contributed by atoms with Crippen molar-refractivity contribution in [2.75, 3.05) is 6.61 Å². The number of ether oxygens (including phenoxy) is 1. The monoisotopic (exact) mass is 194 g/mol. The number of hydrogen-bond donors (Lipinski definition) is 1. The summed E-state index contributed by atoms with van der Waals surface area (Å²) in [4.78, 5) is 0. The van der Waals surface area contributed by atoms with E-state index in [1.807, 2.05) is 30.3 Å². The van der Waals surface area contributed by atoms with Gasteiger partial charge in [0.2, 0.25) is 0 Å². The molecule has 0 aliphatic heterocycles. The zero-order chi connectivity index (χ0) is 10.4. The average Bonchev–Trinajstić information content (AvgIpc) is 2.18. The molecule has 0 radical (unpaired) electrons. The van der Waals surface area contributed by atoms with E-state index < -0.39 is 6.29 Å². The van der Waals surface area contributed by atoms with Gasteiger partial charge in [0.15, 0.2) is 6.29 Å². The van der Waals surface area contributed by atoms with E-state index in [0.29, 0.717) is 12.5 Å². The molecule has 0 saturated carbocycles. The van der Waals surface area contributed by atoms with Crippen LogP contribution in [-0.2, 0) is 4.74 Å². The lowest BCUT2D eigenvalue weighted by Gasteiger charge is -2.12. The number of benzene rings is 1. The van der Waals surface area contributed by atoms with E-state index >= 15 is 0 Å². The molecule has 0 bridgehead atoms. The van der Waals surface area contributed by atoms with E-state index in [0.717, 1.165) is 12.0 Å². The van der Waals surface area contributed by atoms with E-state index in [2.05, 4.69) is 13.8 Å². The molecule has 0 amide bonds. The lowest BCUT2D eigenvalue weighted by molar-refractivity contribution is -0.105. The van der Waals surface area contributed by atoms with Crippen LogP contribution in [0.25, 0.3) is 0 Å². The van der Waals surface area contributed by atoms with Crippen LogP contribution in [0, 0.1) is 5.92 Å². The zero-order valence-corrected chi connectivity index (χ0v) is 8.81. The average molecular weight is 194 g/mol. The third kappa shape index (κ3) is 3.90. The highest BCUT2D eigenvalue weighted by atomic mass is 16.6. The van der Waals surface area contributed by atoms with E-state index in [9.17, 15) is 5.11 Å². The number of aliphatic hydroxyl groups is 1. The summed E-state index contributed by atoms with van der Waals surface area (Å²) < 4.78 is 5.29. The highest BCUT2D eigenvalue weighted by Gasteiger charge is 2.06. The van der Waals surface area contributed by atoms with E-state index in [-0.39, 0.29) is 0 Å². The Bertz CT molecular complexity index is 244. The zero-order valence-electron chi connectivity index (χ0n) is 8.81. The van der Waals surface area contributed by atoms with Crippen LogP contribution < -0.4 is 0 Å². The molecular formula is C12H18O2. The Morgan fingerprint density at radius 3 is 2.43 bits per heavy atom. The number of hydrogen-bond acceptors (Lipinski definition) is 2. The molecule has 1 N–H and O–H groups in total. The van der Waals surface area contributed by atoms with Crippen LogP contribution in [0.2, 0.25) is 0 Å². The van der Waals surface area contributed by atoms with Crippen LogP contribution in [0.15, 0.2) is 30.3 Å². The summed E-state index contributed by atoms with van der Waals surface area (Å²) in [7, 11) is 0. The van der Waals surface area contributed by atoms with Crippen molar-refractivity contribution >= 4 is 0 Å². The summed E-state index contributed by atoms with van der Waals surface area (Å²) in [6.45, 7) is 4.88. The van der Waals surface area contributed by atoms with Gasteiger partial charge in [-0.25, -0.2) is 0 Å². The van der Waals surface area contributed by atoms with E-state index in [4.69, 9.17) is 4.74 Å². The fourth-order valence-corrected chi connectivity index (χ4v) is 1.13. The first kappa shape index (κ1) is 11.2. The fraction of sp³-hybridized carbons (Fsp3) is 0.500. The molecule has 0 aliphatic rings. The Kier molecular flexibility index (Phi) is 4.63. The van der Waals surface area contributed by atoms with Crippen molar-refractivity contribution in [1.82, 2.24) is 0 Å². The predicted octanol–water partition coefficient (Wildman–Crippen LogP) is 2.74. The summed E-state index contributed by atoms with van der Waals surface area (Å²) in [5.41, 5.74) is 0.816. The van der Waals surface area contributed by atoms with Gasteiger partial charge in [0.1, 0.15) is 0 Å². The Balaban J connectivity index is 2.32. The van der Waals surface area contributed by atoms with Gasteiger partial charge in [0.05, 0.1) is 6.61 Å². The molecule has 0 spiro atoms. The molecule has 0 fully saturated rings. The van der Waals surface area contributed by atoms with Crippen molar-refractivity contribution in [1.29, 1.82) is 0 Å². The predicted molar refractivity (Wildman–Crippen MR) is 56.8 cm³/mol. The largest absolute Gasteiger partial charge is 0.364 e. The van der Waals surface area contributed by atoms with Crippen LogP contribution in [-0.4, -0.2) is 11.7 Å². The van der Waals surface area contributed by atoms with Crippen LogP contribution in [0.5, 0.6) is 0 Å². The van der Waals surface area contributed by atoms with Crippen LogP contribution in [0.3, 0.4) is 0 Å². The molecule has 1 unspecified atom stereocenters. The molecule has 0 saturated heterocycles. The second-order valence-corrected chi connectivity index (χ2v) is 3.82. The molecule has 0 aliphatic carbocycles. The fourth-order valence-electron chi connectivity index (χ4n) is 1.13. The van der Waals surface area contributed by atoms with Gasteiger partial charge >= 0.3 is 0 Å². The maximum Gasteiger partial charge on any atom is 0.181 e. The van der Waals surface area contributed by atoms with Crippen LogP contribution in [0.4, 0.5) is 0 Å². The first-order valence-corrected chi connectivity index (χ1v) is 5.04. The van der Waals surface area contributed by atoms with E-state index in [1.165, 1.54) is 0 Å². The maximum atomic E-state index is 9.61. The molecule has 1 atom stereocenters. The number of aliphatic hydroxyl groups excluding tert-OH is 1. The van der Waals surface area contributed by atoms with Crippen molar-refractivity contribution in [2.24, 2.45) is 5.92 Å². The summed E-state index contributed by atoms with van der Waals surface area (Å²) in [5.74, 6) is 0.609. The molecule has 0 heterocycles. The van der Waals surface area contributed by atoms with Gasteiger partial charge in [-0.3, -0.25) is 0 Å². The van der Waals surface area contributed by atoms with Crippen molar-refractivity contribution < 1.29 is 9.84 Å². The van der Waals surface area contributed by atoms with Gasteiger partial charge in [-0.05, 0) is 12.3 Å². The summed E-state index contributed by atoms with van der Waals surface area (Å²) in [6, 6.07) is 9.43.